The number of hydrogen-bond acceptors (Lipinski definition) is 5. The van der Waals surface area contributed by atoms with E-state index in [-0.39, 0.29) is 5.78 Å². The molecule has 0 heterocycles. The lowest BCUT2D eigenvalue weighted by Crippen LogP contribution is -2.22. The highest BCUT2D eigenvalue weighted by molar-refractivity contribution is 6.06. The lowest BCUT2D eigenvalue weighted by atomic mass is 10.1. The Balaban J connectivity index is 2.06. The zero-order valence-corrected chi connectivity index (χ0v) is 16.9. The van der Waals surface area contributed by atoms with Crippen LogP contribution in [0.15, 0.2) is 48.5 Å². The third-order valence-electron chi connectivity index (χ3n) is 4.17. The van der Waals surface area contributed by atoms with Gasteiger partial charge >= 0.3 is 5.97 Å². The summed E-state index contributed by atoms with van der Waals surface area (Å²) in [6.07, 6.45) is 4.22. The highest BCUT2D eigenvalue weighted by Gasteiger charge is 2.12. The Labute approximate surface area is 170 Å². The first-order chi connectivity index (χ1) is 13.9. The average Bonchev–Trinajstić information content (AvgIpc) is 2.72. The third kappa shape index (κ3) is 6.68. The molecule has 0 fully saturated rings. The summed E-state index contributed by atoms with van der Waals surface area (Å²) in [5.74, 6) is 0.461. The van der Waals surface area contributed by atoms with Gasteiger partial charge in [0.1, 0.15) is 5.75 Å². The molecule has 6 heteroatoms. The van der Waals surface area contributed by atoms with Gasteiger partial charge in [0.05, 0.1) is 13.7 Å². The van der Waals surface area contributed by atoms with Crippen molar-refractivity contribution in [2.45, 2.75) is 32.8 Å². The van der Waals surface area contributed by atoms with E-state index in [1.807, 2.05) is 12.1 Å². The van der Waals surface area contributed by atoms with E-state index in [0.29, 0.717) is 29.4 Å². The number of carboxylic acids is 1. The predicted octanol–water partition coefficient (Wildman–Crippen LogP) is 4.62. The van der Waals surface area contributed by atoms with Crippen LogP contribution >= 0.6 is 0 Å². The zero-order valence-electron chi connectivity index (χ0n) is 16.9. The molecule has 1 atom stereocenters. The Morgan fingerprint density at radius 3 is 2.45 bits per heavy atom. The molecule has 0 aliphatic carbocycles. The average molecular weight is 398 g/mol. The molecule has 0 spiro atoms. The number of hydrogen-bond donors (Lipinski definition) is 1. The molecule has 29 heavy (non-hydrogen) atoms. The van der Waals surface area contributed by atoms with Crippen molar-refractivity contribution >= 4 is 17.8 Å². The Bertz CT molecular complexity index is 854. The second-order valence-electron chi connectivity index (χ2n) is 6.43. The molecule has 0 radical (unpaired) electrons. The summed E-state index contributed by atoms with van der Waals surface area (Å²) in [6.45, 7) is 4.14. The van der Waals surface area contributed by atoms with Gasteiger partial charge in [-0.15, -0.1) is 0 Å². The summed E-state index contributed by atoms with van der Waals surface area (Å²) in [5.41, 5.74) is 1.30. The Morgan fingerprint density at radius 2 is 1.83 bits per heavy atom. The van der Waals surface area contributed by atoms with Gasteiger partial charge in [-0.1, -0.05) is 25.5 Å². The van der Waals surface area contributed by atoms with E-state index in [9.17, 15) is 9.59 Å². The topological polar surface area (TPSA) is 82.1 Å². The van der Waals surface area contributed by atoms with Gasteiger partial charge in [0, 0.05) is 5.56 Å². The number of allylic oxidation sites excluding steroid dienone is 1. The minimum absolute atomic E-state index is 0.174. The fraction of sp³-hybridized carbons (Fsp3) is 0.304. The van der Waals surface area contributed by atoms with Crippen molar-refractivity contribution < 1.29 is 28.9 Å². The number of carbonyl (C=O) groups is 2. The van der Waals surface area contributed by atoms with Crippen LogP contribution in [0.3, 0.4) is 0 Å². The summed E-state index contributed by atoms with van der Waals surface area (Å²) < 4.78 is 16.3. The molecule has 1 N–H and O–H groups in total. The highest BCUT2D eigenvalue weighted by atomic mass is 16.5. The summed E-state index contributed by atoms with van der Waals surface area (Å²) in [5, 5.41) is 8.87. The molecule has 0 bridgehead atoms. The molecule has 0 amide bonds. The molecule has 0 saturated carbocycles. The van der Waals surface area contributed by atoms with Gasteiger partial charge in [0.25, 0.3) is 0 Å². The lowest BCUT2D eigenvalue weighted by Gasteiger charge is -2.11. The normalized spacial score (nSPS) is 11.8. The molecule has 6 nitrogen and oxygen atoms in total. The third-order valence-corrected chi connectivity index (χ3v) is 4.17. The smallest absolute Gasteiger partial charge is 0.344 e. The van der Waals surface area contributed by atoms with Crippen LogP contribution in [0.25, 0.3) is 6.08 Å². The first kappa shape index (κ1) is 22.0. The maximum Gasteiger partial charge on any atom is 0.344 e. The van der Waals surface area contributed by atoms with E-state index >= 15 is 0 Å². The van der Waals surface area contributed by atoms with E-state index in [2.05, 4.69) is 6.92 Å². The maximum atomic E-state index is 12.4. The van der Waals surface area contributed by atoms with Crippen LogP contribution < -0.4 is 14.2 Å². The maximum absolute atomic E-state index is 12.4. The lowest BCUT2D eigenvalue weighted by molar-refractivity contribution is -0.144. The van der Waals surface area contributed by atoms with E-state index < -0.39 is 12.1 Å². The predicted molar refractivity (Wildman–Crippen MR) is 111 cm³/mol. The molecule has 2 aromatic rings. The molecule has 2 aromatic carbocycles. The van der Waals surface area contributed by atoms with Crippen LogP contribution in [0.1, 0.15) is 42.6 Å². The van der Waals surface area contributed by atoms with Gasteiger partial charge in [0.2, 0.25) is 0 Å². The Kier molecular flexibility index (Phi) is 8.27. The van der Waals surface area contributed by atoms with Crippen LogP contribution in [-0.2, 0) is 4.79 Å². The SMILES string of the molecule is CCCCOc1cc(/C=C/C(=O)c2ccc(OC(C)C(=O)O)cc2)ccc1OC. The molecular weight excluding hydrogens is 372 g/mol. The first-order valence-corrected chi connectivity index (χ1v) is 9.47. The summed E-state index contributed by atoms with van der Waals surface area (Å²) in [6, 6.07) is 11.8. The Morgan fingerprint density at radius 1 is 1.10 bits per heavy atom. The number of ketones is 1. The quantitative estimate of drug-likeness (QED) is 0.338. The van der Waals surface area contributed by atoms with Crippen LogP contribution in [0.5, 0.6) is 17.2 Å². The zero-order chi connectivity index (χ0) is 21.2. The van der Waals surface area contributed by atoms with Gasteiger partial charge in [0.15, 0.2) is 23.4 Å². The van der Waals surface area contributed by atoms with Gasteiger partial charge in [-0.2, -0.15) is 0 Å². The molecule has 2 rings (SSSR count). The van der Waals surface area contributed by atoms with Crippen molar-refractivity contribution in [3.8, 4) is 17.2 Å². The molecule has 154 valence electrons. The van der Waals surface area contributed by atoms with E-state index in [1.54, 1.807) is 43.5 Å². The van der Waals surface area contributed by atoms with Crippen LogP contribution in [0.4, 0.5) is 0 Å². The second-order valence-corrected chi connectivity index (χ2v) is 6.43. The van der Waals surface area contributed by atoms with Crippen LogP contribution in [0.2, 0.25) is 0 Å². The molecular formula is C23H26O6. The number of rotatable bonds is 11. The highest BCUT2D eigenvalue weighted by Crippen LogP contribution is 2.29. The largest absolute Gasteiger partial charge is 0.493 e. The number of unbranched alkanes of at least 4 members (excludes halogenated alkanes) is 1. The van der Waals surface area contributed by atoms with Gasteiger partial charge in [-0.25, -0.2) is 4.79 Å². The molecule has 0 aliphatic heterocycles. The monoisotopic (exact) mass is 398 g/mol. The minimum atomic E-state index is -1.05. The number of carboxylic acid groups (broad SMARTS) is 1. The summed E-state index contributed by atoms with van der Waals surface area (Å²) in [4.78, 5) is 23.2. The first-order valence-electron chi connectivity index (χ1n) is 9.47. The molecule has 0 aliphatic rings. The number of aliphatic carboxylic acids is 1. The van der Waals surface area contributed by atoms with Crippen molar-refractivity contribution in [3.63, 3.8) is 0 Å². The number of methoxy groups -OCH3 is 1. The van der Waals surface area contributed by atoms with Crippen molar-refractivity contribution in [3.05, 3.63) is 59.7 Å². The molecule has 1 unspecified atom stereocenters. The summed E-state index contributed by atoms with van der Waals surface area (Å²) >= 11 is 0. The van der Waals surface area contributed by atoms with Gasteiger partial charge < -0.3 is 19.3 Å². The summed E-state index contributed by atoms with van der Waals surface area (Å²) in [7, 11) is 1.59. The second kappa shape index (κ2) is 10.9. The number of carbonyl (C=O) groups excluding carboxylic acids is 1. The van der Waals surface area contributed by atoms with Crippen molar-refractivity contribution in [2.75, 3.05) is 13.7 Å². The standard InChI is InChI=1S/C23H26O6/c1-4-5-14-28-22-15-17(7-13-21(22)27-3)6-12-20(24)18-8-10-19(11-9-18)29-16(2)23(25)26/h6-13,15-16H,4-5,14H2,1-3H3,(H,25,26)/b12-6+. The van der Waals surface area contributed by atoms with Crippen LogP contribution in [-0.4, -0.2) is 36.7 Å². The number of ether oxygens (including phenoxy) is 3. The van der Waals surface area contributed by atoms with Crippen molar-refractivity contribution in [1.29, 1.82) is 0 Å². The van der Waals surface area contributed by atoms with Gasteiger partial charge in [-0.05, 0) is 61.4 Å². The van der Waals surface area contributed by atoms with E-state index in [1.165, 1.54) is 13.0 Å². The molecule has 0 aromatic heterocycles. The number of benzene rings is 2. The van der Waals surface area contributed by atoms with Gasteiger partial charge in [-0.3, -0.25) is 4.79 Å². The fourth-order valence-electron chi connectivity index (χ4n) is 2.46. The van der Waals surface area contributed by atoms with E-state index in [4.69, 9.17) is 19.3 Å². The molecule has 0 saturated heterocycles. The minimum Gasteiger partial charge on any atom is -0.493 e. The van der Waals surface area contributed by atoms with Crippen LogP contribution in [0, 0.1) is 0 Å². The fourth-order valence-corrected chi connectivity index (χ4v) is 2.46. The Hall–Kier alpha value is -3.28. The van der Waals surface area contributed by atoms with E-state index in [0.717, 1.165) is 18.4 Å². The van der Waals surface area contributed by atoms with Crippen molar-refractivity contribution in [2.24, 2.45) is 0 Å². The van der Waals surface area contributed by atoms with Crippen molar-refractivity contribution in [1.82, 2.24) is 0 Å².